The SMILES string of the molecule is O=C(Nc1ccccc1NCC(F)(F)F)c1cc(S(=O)(=O)N2CCCC2)ccc1Cl. The Morgan fingerprint density at radius 1 is 1.07 bits per heavy atom. The fourth-order valence-electron chi connectivity index (χ4n) is 3.05. The van der Waals surface area contributed by atoms with E-state index in [1.807, 2.05) is 0 Å². The minimum atomic E-state index is -4.43. The third-order valence-corrected chi connectivity index (χ3v) is 6.76. The maximum absolute atomic E-state index is 12.7. The second kappa shape index (κ2) is 8.83. The van der Waals surface area contributed by atoms with E-state index in [4.69, 9.17) is 11.6 Å². The van der Waals surface area contributed by atoms with Crippen molar-refractivity contribution >= 4 is 38.9 Å². The van der Waals surface area contributed by atoms with Gasteiger partial charge in [0.05, 0.1) is 26.9 Å². The summed E-state index contributed by atoms with van der Waals surface area (Å²) in [7, 11) is -3.76. The van der Waals surface area contributed by atoms with Crippen molar-refractivity contribution in [1.82, 2.24) is 4.31 Å². The van der Waals surface area contributed by atoms with Crippen molar-refractivity contribution in [2.24, 2.45) is 0 Å². The molecule has 2 aromatic rings. The van der Waals surface area contributed by atoms with E-state index >= 15 is 0 Å². The van der Waals surface area contributed by atoms with Gasteiger partial charge in [-0.3, -0.25) is 4.79 Å². The van der Waals surface area contributed by atoms with E-state index in [0.717, 1.165) is 12.8 Å². The molecule has 0 bridgehead atoms. The number of amides is 1. The van der Waals surface area contributed by atoms with Crippen LogP contribution in [0.3, 0.4) is 0 Å². The highest BCUT2D eigenvalue weighted by Crippen LogP contribution is 2.28. The molecule has 30 heavy (non-hydrogen) atoms. The summed E-state index contributed by atoms with van der Waals surface area (Å²) in [6.07, 6.45) is -2.90. The lowest BCUT2D eigenvalue weighted by Crippen LogP contribution is -2.28. The highest BCUT2D eigenvalue weighted by molar-refractivity contribution is 7.89. The summed E-state index contributed by atoms with van der Waals surface area (Å²) in [5.74, 6) is -0.736. The Hall–Kier alpha value is -2.30. The van der Waals surface area contributed by atoms with Crippen molar-refractivity contribution in [3.8, 4) is 0 Å². The lowest BCUT2D eigenvalue weighted by molar-refractivity contribution is -0.115. The number of rotatable bonds is 6. The standard InChI is InChI=1S/C19H19ClF3N3O3S/c20-15-8-7-13(30(28,29)26-9-3-4-10-26)11-14(15)18(27)25-17-6-2-1-5-16(17)24-12-19(21,22)23/h1-2,5-8,11,24H,3-4,9-10,12H2,(H,25,27). The first-order chi connectivity index (χ1) is 14.1. The molecule has 2 N–H and O–H groups in total. The second-order valence-corrected chi connectivity index (χ2v) is 9.07. The van der Waals surface area contributed by atoms with Crippen LogP contribution in [0, 0.1) is 0 Å². The fraction of sp³-hybridized carbons (Fsp3) is 0.316. The summed E-state index contributed by atoms with van der Waals surface area (Å²) < 4.78 is 64.4. The van der Waals surface area contributed by atoms with E-state index < -0.39 is 28.7 Å². The van der Waals surface area contributed by atoms with E-state index in [0.29, 0.717) is 13.1 Å². The van der Waals surface area contributed by atoms with Crippen molar-refractivity contribution in [1.29, 1.82) is 0 Å². The molecule has 1 fully saturated rings. The molecule has 11 heteroatoms. The molecule has 2 aromatic carbocycles. The molecule has 0 aromatic heterocycles. The van der Waals surface area contributed by atoms with E-state index in [9.17, 15) is 26.4 Å². The van der Waals surface area contributed by atoms with Crippen molar-refractivity contribution < 1.29 is 26.4 Å². The van der Waals surface area contributed by atoms with Crippen LogP contribution >= 0.6 is 11.6 Å². The van der Waals surface area contributed by atoms with Gasteiger partial charge in [-0.15, -0.1) is 0 Å². The molecule has 6 nitrogen and oxygen atoms in total. The molecular formula is C19H19ClF3N3O3S. The van der Waals surface area contributed by atoms with Gasteiger partial charge in [-0.2, -0.15) is 17.5 Å². The second-order valence-electron chi connectivity index (χ2n) is 6.72. The van der Waals surface area contributed by atoms with Crippen molar-refractivity contribution in [3.63, 3.8) is 0 Å². The number of hydrogen-bond acceptors (Lipinski definition) is 4. The largest absolute Gasteiger partial charge is 0.405 e. The highest BCUT2D eigenvalue weighted by atomic mass is 35.5. The van der Waals surface area contributed by atoms with Crippen LogP contribution < -0.4 is 10.6 Å². The number of carbonyl (C=O) groups is 1. The number of nitrogens with one attached hydrogen (secondary N) is 2. The topological polar surface area (TPSA) is 78.5 Å². The fourth-order valence-corrected chi connectivity index (χ4v) is 4.79. The first-order valence-corrected chi connectivity index (χ1v) is 10.9. The Bertz CT molecular complexity index is 1040. The zero-order valence-corrected chi connectivity index (χ0v) is 17.2. The van der Waals surface area contributed by atoms with Crippen LogP contribution in [-0.4, -0.2) is 44.4 Å². The molecule has 1 heterocycles. The molecule has 0 unspecified atom stereocenters. The van der Waals surface area contributed by atoms with Crippen LogP contribution in [0.5, 0.6) is 0 Å². The molecule has 0 spiro atoms. The molecule has 3 rings (SSSR count). The van der Waals surface area contributed by atoms with E-state index in [2.05, 4.69) is 10.6 Å². The quantitative estimate of drug-likeness (QED) is 0.670. The molecule has 0 atom stereocenters. The number of nitrogens with zero attached hydrogens (tertiary/aromatic N) is 1. The van der Waals surface area contributed by atoms with Crippen molar-refractivity contribution in [2.75, 3.05) is 30.3 Å². The summed E-state index contributed by atoms with van der Waals surface area (Å²) in [5, 5.41) is 4.73. The van der Waals surface area contributed by atoms with Crippen LogP contribution in [0.15, 0.2) is 47.4 Å². The van der Waals surface area contributed by atoms with Gasteiger partial charge in [-0.1, -0.05) is 23.7 Å². The first-order valence-electron chi connectivity index (χ1n) is 9.09. The van der Waals surface area contributed by atoms with Crippen LogP contribution in [-0.2, 0) is 10.0 Å². The van der Waals surface area contributed by atoms with E-state index in [-0.39, 0.29) is 26.9 Å². The molecule has 1 saturated heterocycles. The van der Waals surface area contributed by atoms with Crippen LogP contribution in [0.25, 0.3) is 0 Å². The predicted molar refractivity (Wildman–Crippen MR) is 108 cm³/mol. The average molecular weight is 462 g/mol. The Kier molecular flexibility index (Phi) is 6.59. The van der Waals surface area contributed by atoms with E-state index in [1.165, 1.54) is 40.7 Å². The van der Waals surface area contributed by atoms with Crippen LogP contribution in [0.2, 0.25) is 5.02 Å². The molecule has 1 aliphatic heterocycles. The number of anilines is 2. The van der Waals surface area contributed by atoms with Crippen molar-refractivity contribution in [2.45, 2.75) is 23.9 Å². The maximum atomic E-state index is 12.7. The number of sulfonamides is 1. The third kappa shape index (κ3) is 5.24. The lowest BCUT2D eigenvalue weighted by atomic mass is 10.2. The number of alkyl halides is 3. The molecular weight excluding hydrogens is 443 g/mol. The molecule has 0 aliphatic carbocycles. The minimum Gasteiger partial charge on any atom is -0.375 e. The Morgan fingerprint density at radius 3 is 2.33 bits per heavy atom. The summed E-state index contributed by atoms with van der Waals surface area (Å²) >= 11 is 6.09. The smallest absolute Gasteiger partial charge is 0.375 e. The Balaban J connectivity index is 1.84. The monoisotopic (exact) mass is 461 g/mol. The van der Waals surface area contributed by atoms with Gasteiger partial charge in [0.25, 0.3) is 5.91 Å². The van der Waals surface area contributed by atoms with Gasteiger partial charge in [0, 0.05) is 13.1 Å². The number of benzene rings is 2. The zero-order valence-electron chi connectivity index (χ0n) is 15.7. The van der Waals surface area contributed by atoms with Crippen LogP contribution in [0.1, 0.15) is 23.2 Å². The number of carbonyl (C=O) groups excluding carboxylic acids is 1. The lowest BCUT2D eigenvalue weighted by Gasteiger charge is -2.17. The Morgan fingerprint density at radius 2 is 1.70 bits per heavy atom. The predicted octanol–water partition coefficient (Wildman–Crippen LogP) is 4.35. The molecule has 0 radical (unpaired) electrons. The van der Waals surface area contributed by atoms with Gasteiger partial charge < -0.3 is 10.6 Å². The normalized spacial score (nSPS) is 15.2. The van der Waals surface area contributed by atoms with Gasteiger partial charge in [0.1, 0.15) is 6.54 Å². The van der Waals surface area contributed by atoms with Gasteiger partial charge in [0.15, 0.2) is 0 Å². The summed E-state index contributed by atoms with van der Waals surface area (Å²) in [6, 6.07) is 9.69. The van der Waals surface area contributed by atoms with Gasteiger partial charge in [-0.25, -0.2) is 8.42 Å². The number of hydrogen-bond donors (Lipinski definition) is 2. The third-order valence-electron chi connectivity index (χ3n) is 4.54. The number of halogens is 4. The molecule has 162 valence electrons. The number of para-hydroxylation sites is 2. The summed E-state index contributed by atoms with van der Waals surface area (Å²) in [6.45, 7) is -0.459. The summed E-state index contributed by atoms with van der Waals surface area (Å²) in [4.78, 5) is 12.7. The molecule has 1 amide bonds. The average Bonchev–Trinajstić information content (AvgIpc) is 3.22. The van der Waals surface area contributed by atoms with Crippen molar-refractivity contribution in [3.05, 3.63) is 53.1 Å². The summed E-state index contributed by atoms with van der Waals surface area (Å²) in [5.41, 5.74) is 0.0818. The molecule has 0 saturated carbocycles. The van der Waals surface area contributed by atoms with Gasteiger partial charge in [-0.05, 0) is 43.2 Å². The van der Waals surface area contributed by atoms with Crippen LogP contribution in [0.4, 0.5) is 24.5 Å². The van der Waals surface area contributed by atoms with E-state index in [1.54, 1.807) is 6.07 Å². The molecule has 1 aliphatic rings. The highest BCUT2D eigenvalue weighted by Gasteiger charge is 2.29. The van der Waals surface area contributed by atoms with Gasteiger partial charge in [0.2, 0.25) is 10.0 Å². The zero-order chi connectivity index (χ0) is 21.9. The minimum absolute atomic E-state index is 0.0219. The Labute approximate surface area is 177 Å². The van der Waals surface area contributed by atoms with Gasteiger partial charge >= 0.3 is 6.18 Å². The first kappa shape index (κ1) is 22.4. The maximum Gasteiger partial charge on any atom is 0.405 e.